The Labute approximate surface area is 156 Å². The van der Waals surface area contributed by atoms with Gasteiger partial charge in [0.25, 0.3) is 11.8 Å². The molecule has 0 aliphatic carbocycles. The van der Waals surface area contributed by atoms with E-state index in [-0.39, 0.29) is 19.6 Å². The van der Waals surface area contributed by atoms with Crippen molar-refractivity contribution in [2.75, 3.05) is 13.7 Å². The topological polar surface area (TPSA) is 82.1 Å². The fourth-order valence-corrected chi connectivity index (χ4v) is 2.72. The van der Waals surface area contributed by atoms with Crippen molar-refractivity contribution in [2.24, 2.45) is 0 Å². The second kappa shape index (κ2) is 8.35. The van der Waals surface area contributed by atoms with Gasteiger partial charge in [-0.25, -0.2) is 4.79 Å². The third kappa shape index (κ3) is 4.44. The zero-order valence-corrected chi connectivity index (χ0v) is 14.8. The molecule has 0 aromatic heterocycles. The first-order valence-electron chi connectivity index (χ1n) is 8.45. The van der Waals surface area contributed by atoms with E-state index in [0.717, 1.165) is 10.5 Å². The molecule has 2 amide bonds. The Hall–Kier alpha value is -3.35. The van der Waals surface area contributed by atoms with E-state index in [9.17, 15) is 14.4 Å². The average Bonchev–Trinajstić information content (AvgIpc) is 3.07. The van der Waals surface area contributed by atoms with E-state index in [2.05, 4.69) is 0 Å². The van der Waals surface area contributed by atoms with E-state index in [0.29, 0.717) is 11.3 Å². The van der Waals surface area contributed by atoms with Gasteiger partial charge in [-0.1, -0.05) is 30.3 Å². The van der Waals surface area contributed by atoms with Crippen molar-refractivity contribution in [2.45, 2.75) is 19.1 Å². The monoisotopic (exact) mass is 369 g/mol. The summed E-state index contributed by atoms with van der Waals surface area (Å²) >= 11 is 0. The largest absolute Gasteiger partial charge is 0.509 e. The second-order valence-corrected chi connectivity index (χ2v) is 5.94. The molecule has 2 aromatic rings. The minimum absolute atomic E-state index is 0.0507. The minimum Gasteiger partial charge on any atom is -0.497 e. The SMILES string of the molecule is COc1ccc(C(=O)N2CC[C@H](OC(=O)OCc3ccccc3)C2=O)cc1. The quantitative estimate of drug-likeness (QED) is 0.595. The van der Waals surface area contributed by atoms with E-state index in [1.54, 1.807) is 24.3 Å². The molecule has 7 nitrogen and oxygen atoms in total. The molecule has 0 radical (unpaired) electrons. The number of ether oxygens (including phenoxy) is 3. The number of carbonyl (C=O) groups is 3. The first kappa shape index (κ1) is 18.4. The van der Waals surface area contributed by atoms with Gasteiger partial charge in [0, 0.05) is 18.5 Å². The first-order valence-corrected chi connectivity index (χ1v) is 8.45. The maximum Gasteiger partial charge on any atom is 0.509 e. The molecule has 1 fully saturated rings. The number of imide groups is 1. The highest BCUT2D eigenvalue weighted by molar-refractivity contribution is 6.07. The molecule has 0 spiro atoms. The van der Waals surface area contributed by atoms with Crippen molar-refractivity contribution < 1.29 is 28.6 Å². The molecule has 1 atom stereocenters. The molecule has 3 rings (SSSR count). The summed E-state index contributed by atoms with van der Waals surface area (Å²) in [5.41, 5.74) is 1.17. The highest BCUT2D eigenvalue weighted by atomic mass is 16.7. The number of rotatable bonds is 5. The van der Waals surface area contributed by atoms with Crippen LogP contribution in [-0.4, -0.2) is 42.6 Å². The minimum atomic E-state index is -1.02. The number of methoxy groups -OCH3 is 1. The summed E-state index contributed by atoms with van der Waals surface area (Å²) in [6.07, 6.45) is -1.72. The van der Waals surface area contributed by atoms with Gasteiger partial charge < -0.3 is 14.2 Å². The maximum absolute atomic E-state index is 12.5. The summed E-state index contributed by atoms with van der Waals surface area (Å²) in [6.45, 7) is 0.232. The zero-order valence-electron chi connectivity index (χ0n) is 14.8. The molecule has 7 heteroatoms. The summed E-state index contributed by atoms with van der Waals surface area (Å²) in [6, 6.07) is 15.6. The van der Waals surface area contributed by atoms with Gasteiger partial charge in [0.05, 0.1) is 7.11 Å². The molecule has 0 bridgehead atoms. The van der Waals surface area contributed by atoms with Gasteiger partial charge in [0.1, 0.15) is 12.4 Å². The number of hydrogen-bond acceptors (Lipinski definition) is 6. The fourth-order valence-electron chi connectivity index (χ4n) is 2.72. The van der Waals surface area contributed by atoms with Crippen LogP contribution >= 0.6 is 0 Å². The van der Waals surface area contributed by atoms with Gasteiger partial charge in [-0.15, -0.1) is 0 Å². The number of carbonyl (C=O) groups excluding carboxylic acids is 3. The van der Waals surface area contributed by atoms with E-state index in [1.807, 2.05) is 30.3 Å². The van der Waals surface area contributed by atoms with E-state index in [4.69, 9.17) is 14.2 Å². The third-order valence-corrected chi connectivity index (χ3v) is 4.18. The molecule has 0 saturated carbocycles. The summed E-state index contributed by atoms with van der Waals surface area (Å²) in [4.78, 5) is 37.8. The van der Waals surface area contributed by atoms with Crippen LogP contribution in [-0.2, 0) is 20.9 Å². The van der Waals surface area contributed by atoms with E-state index in [1.165, 1.54) is 7.11 Å². The van der Waals surface area contributed by atoms with Crippen molar-refractivity contribution in [3.63, 3.8) is 0 Å². The normalized spacial score (nSPS) is 16.1. The molecular weight excluding hydrogens is 350 g/mol. The van der Waals surface area contributed by atoms with Crippen LogP contribution in [0.2, 0.25) is 0 Å². The average molecular weight is 369 g/mol. The number of nitrogens with zero attached hydrogens (tertiary/aromatic N) is 1. The Morgan fingerprint density at radius 2 is 1.78 bits per heavy atom. The van der Waals surface area contributed by atoms with Crippen LogP contribution in [0.15, 0.2) is 54.6 Å². The summed E-state index contributed by atoms with van der Waals surface area (Å²) in [5.74, 6) is -0.374. The van der Waals surface area contributed by atoms with Crippen molar-refractivity contribution in [3.05, 3.63) is 65.7 Å². The molecule has 0 unspecified atom stereocenters. The summed E-state index contributed by atoms with van der Waals surface area (Å²) in [5, 5.41) is 0. The Morgan fingerprint density at radius 3 is 2.44 bits per heavy atom. The van der Waals surface area contributed by atoms with Crippen LogP contribution in [0.4, 0.5) is 4.79 Å². The second-order valence-electron chi connectivity index (χ2n) is 5.94. The van der Waals surface area contributed by atoms with Crippen LogP contribution < -0.4 is 4.74 Å². The molecule has 0 N–H and O–H groups in total. The summed E-state index contributed by atoms with van der Waals surface area (Å²) in [7, 11) is 1.53. The lowest BCUT2D eigenvalue weighted by atomic mass is 10.2. The predicted molar refractivity (Wildman–Crippen MR) is 95.2 cm³/mol. The van der Waals surface area contributed by atoms with E-state index >= 15 is 0 Å². The fraction of sp³-hybridized carbons (Fsp3) is 0.250. The Bertz CT molecular complexity index is 818. The van der Waals surface area contributed by atoms with Crippen molar-refractivity contribution in [3.8, 4) is 5.75 Å². The van der Waals surface area contributed by atoms with Crippen molar-refractivity contribution >= 4 is 18.0 Å². The van der Waals surface area contributed by atoms with Crippen LogP contribution in [0, 0.1) is 0 Å². The van der Waals surface area contributed by atoms with Crippen molar-refractivity contribution in [1.29, 1.82) is 0 Å². The highest BCUT2D eigenvalue weighted by Crippen LogP contribution is 2.20. The maximum atomic E-state index is 12.5. The lowest BCUT2D eigenvalue weighted by Gasteiger charge is -2.15. The molecule has 140 valence electrons. The molecule has 1 heterocycles. The lowest BCUT2D eigenvalue weighted by Crippen LogP contribution is -2.36. The Morgan fingerprint density at radius 1 is 1.07 bits per heavy atom. The molecular formula is C20H19NO6. The molecule has 2 aromatic carbocycles. The Kier molecular flexibility index (Phi) is 5.71. The molecule has 27 heavy (non-hydrogen) atoms. The Balaban J connectivity index is 1.54. The number of hydrogen-bond donors (Lipinski definition) is 0. The smallest absolute Gasteiger partial charge is 0.497 e. The third-order valence-electron chi connectivity index (χ3n) is 4.18. The number of amides is 2. The van der Waals surface area contributed by atoms with Gasteiger partial charge >= 0.3 is 6.16 Å². The first-order chi connectivity index (χ1) is 13.1. The van der Waals surface area contributed by atoms with Crippen LogP contribution in [0.1, 0.15) is 22.3 Å². The van der Waals surface area contributed by atoms with Crippen LogP contribution in [0.25, 0.3) is 0 Å². The van der Waals surface area contributed by atoms with Gasteiger partial charge in [0.2, 0.25) is 0 Å². The lowest BCUT2D eigenvalue weighted by molar-refractivity contribution is -0.133. The van der Waals surface area contributed by atoms with Gasteiger partial charge in [-0.2, -0.15) is 0 Å². The van der Waals surface area contributed by atoms with Gasteiger partial charge in [-0.3, -0.25) is 14.5 Å². The predicted octanol–water partition coefficient (Wildman–Crippen LogP) is 2.79. The number of benzene rings is 2. The molecule has 1 aliphatic heterocycles. The van der Waals surface area contributed by atoms with Crippen LogP contribution in [0.5, 0.6) is 5.75 Å². The van der Waals surface area contributed by atoms with Gasteiger partial charge in [0.15, 0.2) is 6.10 Å². The molecule has 1 aliphatic rings. The van der Waals surface area contributed by atoms with E-state index < -0.39 is 24.1 Å². The summed E-state index contributed by atoms with van der Waals surface area (Å²) < 4.78 is 15.1. The van der Waals surface area contributed by atoms with Crippen LogP contribution in [0.3, 0.4) is 0 Å². The van der Waals surface area contributed by atoms with Gasteiger partial charge in [-0.05, 0) is 29.8 Å². The zero-order chi connectivity index (χ0) is 19.2. The molecule has 1 saturated heterocycles. The number of likely N-dealkylation sites (tertiary alicyclic amines) is 1. The highest BCUT2D eigenvalue weighted by Gasteiger charge is 2.38. The standard InChI is InChI=1S/C20H19NO6/c1-25-16-9-7-15(8-10-16)18(22)21-12-11-17(19(21)23)27-20(24)26-13-14-5-3-2-4-6-14/h2-10,17H,11-13H2,1H3/t17-/m0/s1. The van der Waals surface area contributed by atoms with Crippen molar-refractivity contribution in [1.82, 2.24) is 4.90 Å².